The van der Waals surface area contributed by atoms with E-state index in [4.69, 9.17) is 5.11 Å². The van der Waals surface area contributed by atoms with Gasteiger partial charge < -0.3 is 10.4 Å². The molecule has 0 aliphatic carbocycles. The summed E-state index contributed by atoms with van der Waals surface area (Å²) in [5.74, 6) is 0. The van der Waals surface area contributed by atoms with Gasteiger partial charge in [-0.05, 0) is 38.3 Å². The van der Waals surface area contributed by atoms with Gasteiger partial charge in [-0.2, -0.15) is 0 Å². The number of aliphatic hydroxyl groups excluding tert-OH is 1. The lowest BCUT2D eigenvalue weighted by Crippen LogP contribution is -2.19. The normalized spacial score (nSPS) is 12.6. The minimum atomic E-state index is 0.178. The highest BCUT2D eigenvalue weighted by Crippen LogP contribution is 2.18. The zero-order chi connectivity index (χ0) is 15.2. The number of nitrogens with one attached hydrogen (secondary N) is 1. The molecule has 1 unspecified atom stereocenters. The van der Waals surface area contributed by atoms with E-state index in [-0.39, 0.29) is 12.6 Å². The van der Waals surface area contributed by atoms with E-state index in [1.807, 2.05) is 6.20 Å². The molecule has 1 atom stereocenters. The van der Waals surface area contributed by atoms with Crippen LogP contribution in [0.2, 0.25) is 0 Å². The highest BCUT2D eigenvalue weighted by atomic mass is 16.3. The van der Waals surface area contributed by atoms with Crippen LogP contribution in [0, 0.1) is 13.8 Å². The smallest absolute Gasteiger partial charge is 0.0965 e. The Morgan fingerprint density at radius 3 is 2.86 bits per heavy atom. The number of aryl methyl sites for hydroxylation is 3. The molecule has 2 rings (SSSR count). The van der Waals surface area contributed by atoms with Crippen LogP contribution < -0.4 is 5.32 Å². The summed E-state index contributed by atoms with van der Waals surface area (Å²) in [5, 5.41) is 20.5. The van der Waals surface area contributed by atoms with Crippen molar-refractivity contribution in [3.05, 3.63) is 46.8 Å². The summed E-state index contributed by atoms with van der Waals surface area (Å²) in [7, 11) is 0. The Labute approximate surface area is 126 Å². The van der Waals surface area contributed by atoms with Gasteiger partial charge in [-0.1, -0.05) is 29.0 Å². The Hall–Kier alpha value is -1.72. The maximum Gasteiger partial charge on any atom is 0.0965 e. The van der Waals surface area contributed by atoms with Gasteiger partial charge in [0.05, 0.1) is 5.69 Å². The first-order valence-electron chi connectivity index (χ1n) is 7.40. The number of hydrogen-bond donors (Lipinski definition) is 2. The minimum Gasteiger partial charge on any atom is -0.396 e. The fraction of sp³-hybridized carbons (Fsp3) is 0.500. The van der Waals surface area contributed by atoms with Crippen molar-refractivity contribution >= 4 is 0 Å². The fourth-order valence-corrected chi connectivity index (χ4v) is 2.44. The van der Waals surface area contributed by atoms with Gasteiger partial charge >= 0.3 is 0 Å². The van der Waals surface area contributed by atoms with Crippen LogP contribution in [-0.4, -0.2) is 26.7 Å². The second-order valence-electron chi connectivity index (χ2n) is 5.51. The Kier molecular flexibility index (Phi) is 5.47. The van der Waals surface area contributed by atoms with E-state index in [1.54, 1.807) is 4.68 Å². The maximum absolute atomic E-state index is 8.81. The fourth-order valence-electron chi connectivity index (χ4n) is 2.44. The number of rotatable bonds is 7. The SMILES string of the molecule is Cc1ccc(C(C)NCc2cn(CCCO)nn2)c(C)c1. The second-order valence-corrected chi connectivity index (χ2v) is 5.51. The third-order valence-corrected chi connectivity index (χ3v) is 3.61. The molecule has 0 radical (unpaired) electrons. The molecule has 0 aliphatic rings. The van der Waals surface area contributed by atoms with Crippen LogP contribution in [0.4, 0.5) is 0 Å². The molecule has 5 heteroatoms. The van der Waals surface area contributed by atoms with Gasteiger partial charge in [0.15, 0.2) is 0 Å². The minimum absolute atomic E-state index is 0.178. The molecule has 21 heavy (non-hydrogen) atoms. The van der Waals surface area contributed by atoms with Crippen molar-refractivity contribution in [1.29, 1.82) is 0 Å². The molecule has 2 N–H and O–H groups in total. The second kappa shape index (κ2) is 7.33. The molecule has 0 bridgehead atoms. The molecular weight excluding hydrogens is 264 g/mol. The quantitative estimate of drug-likeness (QED) is 0.819. The third kappa shape index (κ3) is 4.37. The summed E-state index contributed by atoms with van der Waals surface area (Å²) in [4.78, 5) is 0. The van der Waals surface area contributed by atoms with Crippen LogP contribution in [-0.2, 0) is 13.1 Å². The first kappa shape index (κ1) is 15.7. The molecule has 1 aromatic heterocycles. The van der Waals surface area contributed by atoms with E-state index in [0.717, 1.165) is 5.69 Å². The highest BCUT2D eigenvalue weighted by molar-refractivity contribution is 5.32. The Morgan fingerprint density at radius 2 is 2.14 bits per heavy atom. The van der Waals surface area contributed by atoms with Gasteiger partial charge in [0.25, 0.3) is 0 Å². The van der Waals surface area contributed by atoms with Gasteiger partial charge in [-0.15, -0.1) is 5.10 Å². The molecule has 0 saturated heterocycles. The zero-order valence-corrected chi connectivity index (χ0v) is 13.0. The Balaban J connectivity index is 1.91. The number of aromatic nitrogens is 3. The molecule has 1 aromatic carbocycles. The van der Waals surface area contributed by atoms with E-state index in [2.05, 4.69) is 54.6 Å². The van der Waals surface area contributed by atoms with Crippen molar-refractivity contribution in [2.24, 2.45) is 0 Å². The molecule has 114 valence electrons. The number of hydrogen-bond acceptors (Lipinski definition) is 4. The average molecular weight is 288 g/mol. The van der Waals surface area contributed by atoms with Crippen LogP contribution in [0.25, 0.3) is 0 Å². The van der Waals surface area contributed by atoms with Crippen molar-refractivity contribution < 1.29 is 5.11 Å². The molecule has 1 heterocycles. The standard InChI is InChI=1S/C16H24N4O/c1-12-5-6-16(13(2)9-12)14(3)17-10-15-11-20(19-18-15)7-4-8-21/h5-6,9,11,14,17,21H,4,7-8,10H2,1-3H3. The van der Waals surface area contributed by atoms with E-state index >= 15 is 0 Å². The number of nitrogens with zero attached hydrogens (tertiary/aromatic N) is 3. The summed E-state index contributed by atoms with van der Waals surface area (Å²) >= 11 is 0. The Bertz CT molecular complexity index is 579. The summed E-state index contributed by atoms with van der Waals surface area (Å²) in [6.07, 6.45) is 2.63. The molecule has 0 aliphatic heterocycles. The molecule has 0 fully saturated rings. The van der Waals surface area contributed by atoms with Crippen LogP contribution in [0.3, 0.4) is 0 Å². The molecular formula is C16H24N4O. The number of aliphatic hydroxyl groups is 1. The lowest BCUT2D eigenvalue weighted by atomic mass is 10.0. The summed E-state index contributed by atoms with van der Waals surface area (Å²) < 4.78 is 1.77. The summed E-state index contributed by atoms with van der Waals surface area (Å²) in [5.41, 5.74) is 4.83. The maximum atomic E-state index is 8.81. The molecule has 0 spiro atoms. The van der Waals surface area contributed by atoms with Crippen LogP contribution in [0.1, 0.15) is 41.8 Å². The lowest BCUT2D eigenvalue weighted by molar-refractivity contribution is 0.276. The highest BCUT2D eigenvalue weighted by Gasteiger charge is 2.09. The molecule has 0 saturated carbocycles. The van der Waals surface area contributed by atoms with E-state index in [0.29, 0.717) is 19.5 Å². The van der Waals surface area contributed by atoms with Gasteiger partial charge in [0.2, 0.25) is 0 Å². The number of benzene rings is 1. The topological polar surface area (TPSA) is 63.0 Å². The first-order chi connectivity index (χ1) is 10.1. The molecule has 5 nitrogen and oxygen atoms in total. The largest absolute Gasteiger partial charge is 0.396 e. The predicted molar refractivity (Wildman–Crippen MR) is 82.9 cm³/mol. The predicted octanol–water partition coefficient (Wildman–Crippen LogP) is 2.13. The summed E-state index contributed by atoms with van der Waals surface area (Å²) in [6.45, 7) is 7.99. The monoisotopic (exact) mass is 288 g/mol. The van der Waals surface area contributed by atoms with Crippen molar-refractivity contribution in [2.75, 3.05) is 6.61 Å². The lowest BCUT2D eigenvalue weighted by Gasteiger charge is -2.16. The average Bonchev–Trinajstić information content (AvgIpc) is 2.90. The third-order valence-electron chi connectivity index (χ3n) is 3.61. The van der Waals surface area contributed by atoms with Gasteiger partial charge in [0, 0.05) is 31.9 Å². The van der Waals surface area contributed by atoms with Crippen molar-refractivity contribution in [3.63, 3.8) is 0 Å². The van der Waals surface area contributed by atoms with Crippen molar-refractivity contribution in [1.82, 2.24) is 20.3 Å². The van der Waals surface area contributed by atoms with E-state index < -0.39 is 0 Å². The zero-order valence-electron chi connectivity index (χ0n) is 13.0. The molecule has 2 aromatic rings. The van der Waals surface area contributed by atoms with Crippen molar-refractivity contribution in [3.8, 4) is 0 Å². The molecule has 0 amide bonds. The first-order valence-corrected chi connectivity index (χ1v) is 7.40. The van der Waals surface area contributed by atoms with Gasteiger partial charge in [-0.3, -0.25) is 4.68 Å². The van der Waals surface area contributed by atoms with Crippen LogP contribution >= 0.6 is 0 Å². The van der Waals surface area contributed by atoms with Crippen LogP contribution in [0.15, 0.2) is 24.4 Å². The van der Waals surface area contributed by atoms with E-state index in [1.165, 1.54) is 16.7 Å². The van der Waals surface area contributed by atoms with E-state index in [9.17, 15) is 0 Å². The van der Waals surface area contributed by atoms with Crippen molar-refractivity contribution in [2.45, 2.75) is 46.3 Å². The van der Waals surface area contributed by atoms with Crippen LogP contribution in [0.5, 0.6) is 0 Å². The van der Waals surface area contributed by atoms with Gasteiger partial charge in [0.1, 0.15) is 0 Å². The summed E-state index contributed by atoms with van der Waals surface area (Å²) in [6, 6.07) is 6.80. The van der Waals surface area contributed by atoms with Gasteiger partial charge in [-0.25, -0.2) is 0 Å². The Morgan fingerprint density at radius 1 is 1.33 bits per heavy atom.